The molecule has 0 aliphatic heterocycles. The zero-order chi connectivity index (χ0) is 11.3. The van der Waals surface area contributed by atoms with Crippen molar-refractivity contribution in [3.05, 3.63) is 29.8 Å². The summed E-state index contributed by atoms with van der Waals surface area (Å²) in [6.45, 7) is 4.03. The average molecular weight is 211 g/mol. The molecule has 0 amide bonds. The van der Waals surface area contributed by atoms with E-state index in [1.165, 1.54) is 12.3 Å². The molecule has 3 nitrogen and oxygen atoms in total. The minimum Gasteiger partial charge on any atom is -0.323 e. The number of nitrogens with two attached hydrogens (primary N) is 1. The fraction of sp³-hybridized carbons (Fsp3) is 0.545. The molecule has 0 aromatic carbocycles. The van der Waals surface area contributed by atoms with E-state index in [1.807, 2.05) is 7.05 Å². The van der Waals surface area contributed by atoms with E-state index in [1.54, 1.807) is 6.07 Å². The van der Waals surface area contributed by atoms with E-state index in [2.05, 4.69) is 16.8 Å². The first-order valence-electron chi connectivity index (χ1n) is 5.19. The van der Waals surface area contributed by atoms with Crippen molar-refractivity contribution in [2.75, 3.05) is 20.1 Å². The normalized spacial score (nSPS) is 13.1. The van der Waals surface area contributed by atoms with Crippen LogP contribution in [-0.2, 0) is 0 Å². The van der Waals surface area contributed by atoms with Crippen molar-refractivity contribution in [1.82, 2.24) is 9.88 Å². The summed E-state index contributed by atoms with van der Waals surface area (Å²) in [6.07, 6.45) is 2.04. The van der Waals surface area contributed by atoms with Crippen molar-refractivity contribution in [1.29, 1.82) is 0 Å². The van der Waals surface area contributed by atoms with Crippen LogP contribution >= 0.6 is 0 Å². The van der Waals surface area contributed by atoms with Gasteiger partial charge < -0.3 is 10.6 Å². The van der Waals surface area contributed by atoms with Gasteiger partial charge >= 0.3 is 0 Å². The second-order valence-corrected chi connectivity index (χ2v) is 3.69. The van der Waals surface area contributed by atoms with Crippen molar-refractivity contribution in [3.8, 4) is 0 Å². The van der Waals surface area contributed by atoms with Gasteiger partial charge in [0, 0.05) is 6.04 Å². The van der Waals surface area contributed by atoms with Crippen LogP contribution in [0.5, 0.6) is 0 Å². The fourth-order valence-electron chi connectivity index (χ4n) is 1.27. The van der Waals surface area contributed by atoms with Crippen molar-refractivity contribution >= 4 is 0 Å². The summed E-state index contributed by atoms with van der Waals surface area (Å²) in [5.41, 5.74) is 6.69. The topological polar surface area (TPSA) is 42.1 Å². The lowest BCUT2D eigenvalue weighted by Crippen LogP contribution is -2.23. The molecule has 0 bridgehead atoms. The minimum absolute atomic E-state index is 0.111. The molecule has 1 heterocycles. The third-order valence-electron chi connectivity index (χ3n) is 2.49. The summed E-state index contributed by atoms with van der Waals surface area (Å²) < 4.78 is 12.6. The average Bonchev–Trinajstić information content (AvgIpc) is 2.26. The lowest BCUT2D eigenvalue weighted by Gasteiger charge is -2.17. The highest BCUT2D eigenvalue weighted by Gasteiger charge is 2.08. The van der Waals surface area contributed by atoms with Gasteiger partial charge in [-0.15, -0.1) is 0 Å². The van der Waals surface area contributed by atoms with Crippen LogP contribution in [0.15, 0.2) is 18.3 Å². The van der Waals surface area contributed by atoms with Crippen LogP contribution in [-0.4, -0.2) is 30.0 Å². The minimum atomic E-state index is -0.323. The Kier molecular flexibility index (Phi) is 4.65. The second-order valence-electron chi connectivity index (χ2n) is 3.69. The van der Waals surface area contributed by atoms with Crippen LogP contribution in [0.1, 0.15) is 25.1 Å². The molecule has 0 aliphatic carbocycles. The van der Waals surface area contributed by atoms with Crippen molar-refractivity contribution in [2.24, 2.45) is 5.73 Å². The maximum atomic E-state index is 12.6. The molecule has 0 fully saturated rings. The fourth-order valence-corrected chi connectivity index (χ4v) is 1.27. The van der Waals surface area contributed by atoms with Crippen LogP contribution in [0.4, 0.5) is 4.39 Å². The molecular formula is C11H18FN3. The second kappa shape index (κ2) is 5.78. The number of hydrogen-bond donors (Lipinski definition) is 1. The predicted molar refractivity (Wildman–Crippen MR) is 58.9 cm³/mol. The molecule has 1 aromatic rings. The monoisotopic (exact) mass is 211 g/mol. The molecular weight excluding hydrogens is 193 g/mol. The molecule has 1 aromatic heterocycles. The van der Waals surface area contributed by atoms with Gasteiger partial charge in [-0.1, -0.05) is 6.92 Å². The Balaban J connectivity index is 2.46. The quantitative estimate of drug-likeness (QED) is 0.803. The van der Waals surface area contributed by atoms with Gasteiger partial charge in [-0.2, -0.15) is 0 Å². The summed E-state index contributed by atoms with van der Waals surface area (Å²) in [5, 5.41) is 0. The third-order valence-corrected chi connectivity index (χ3v) is 2.49. The van der Waals surface area contributed by atoms with E-state index < -0.39 is 0 Å². The molecule has 1 rings (SSSR count). The molecule has 4 heteroatoms. The van der Waals surface area contributed by atoms with Gasteiger partial charge in [-0.25, -0.2) is 4.39 Å². The first-order valence-corrected chi connectivity index (χ1v) is 5.19. The zero-order valence-corrected chi connectivity index (χ0v) is 9.28. The van der Waals surface area contributed by atoms with Crippen LogP contribution < -0.4 is 5.73 Å². The summed E-state index contributed by atoms with van der Waals surface area (Å²) >= 11 is 0. The molecule has 1 unspecified atom stereocenters. The Morgan fingerprint density at radius 2 is 2.27 bits per heavy atom. The molecule has 84 valence electrons. The zero-order valence-electron chi connectivity index (χ0n) is 9.28. The number of aromatic nitrogens is 1. The van der Waals surface area contributed by atoms with Gasteiger partial charge in [0.1, 0.15) is 5.82 Å². The summed E-state index contributed by atoms with van der Waals surface area (Å²) in [7, 11) is 2.05. The van der Waals surface area contributed by atoms with E-state index >= 15 is 0 Å². The number of halogens is 1. The third kappa shape index (κ3) is 3.93. The van der Waals surface area contributed by atoms with E-state index in [9.17, 15) is 4.39 Å². The number of pyridine rings is 1. The van der Waals surface area contributed by atoms with Gasteiger partial charge in [-0.05, 0) is 38.7 Å². The molecule has 0 aliphatic rings. The van der Waals surface area contributed by atoms with Gasteiger partial charge in [0.05, 0.1) is 11.9 Å². The van der Waals surface area contributed by atoms with Gasteiger partial charge in [-0.3, -0.25) is 4.98 Å². The van der Waals surface area contributed by atoms with Crippen LogP contribution in [0.3, 0.4) is 0 Å². The van der Waals surface area contributed by atoms with E-state index in [0.29, 0.717) is 0 Å². The maximum absolute atomic E-state index is 12.6. The van der Waals surface area contributed by atoms with Crippen molar-refractivity contribution in [2.45, 2.75) is 19.4 Å². The Bertz CT molecular complexity index is 286. The molecule has 2 N–H and O–H groups in total. The first-order chi connectivity index (χ1) is 7.13. The van der Waals surface area contributed by atoms with Crippen molar-refractivity contribution < 1.29 is 4.39 Å². The Morgan fingerprint density at radius 1 is 1.53 bits per heavy atom. The number of hydrogen-bond acceptors (Lipinski definition) is 3. The predicted octanol–water partition coefficient (Wildman–Crippen LogP) is 1.56. The molecule has 0 saturated heterocycles. The highest BCUT2D eigenvalue weighted by Crippen LogP contribution is 2.11. The Labute approximate surface area is 90.1 Å². The lowest BCUT2D eigenvalue weighted by atomic mass is 10.1. The molecule has 15 heavy (non-hydrogen) atoms. The molecule has 0 spiro atoms. The molecule has 1 atom stereocenters. The summed E-state index contributed by atoms with van der Waals surface area (Å²) in [5.74, 6) is -0.323. The van der Waals surface area contributed by atoms with Crippen LogP contribution in [0, 0.1) is 5.82 Å². The standard InChI is InChI=1S/C11H18FN3/c1-3-15(2)7-6-10(13)11-5-4-9(12)8-14-11/h4-5,8,10H,3,6-7,13H2,1-2H3. The highest BCUT2D eigenvalue weighted by atomic mass is 19.1. The van der Waals surface area contributed by atoms with E-state index in [4.69, 9.17) is 5.73 Å². The largest absolute Gasteiger partial charge is 0.323 e. The lowest BCUT2D eigenvalue weighted by molar-refractivity contribution is 0.334. The molecule has 0 radical (unpaired) electrons. The Morgan fingerprint density at radius 3 is 2.80 bits per heavy atom. The van der Waals surface area contributed by atoms with Crippen molar-refractivity contribution in [3.63, 3.8) is 0 Å². The number of rotatable bonds is 5. The smallest absolute Gasteiger partial charge is 0.141 e. The highest BCUT2D eigenvalue weighted by molar-refractivity contribution is 5.09. The van der Waals surface area contributed by atoms with E-state index in [0.717, 1.165) is 25.2 Å². The van der Waals surface area contributed by atoms with E-state index in [-0.39, 0.29) is 11.9 Å². The summed E-state index contributed by atoms with van der Waals surface area (Å²) in [6, 6.07) is 2.93. The summed E-state index contributed by atoms with van der Waals surface area (Å²) in [4.78, 5) is 6.15. The SMILES string of the molecule is CCN(C)CCC(N)c1ccc(F)cn1. The Hall–Kier alpha value is -1.00. The molecule has 0 saturated carbocycles. The van der Waals surface area contributed by atoms with Gasteiger partial charge in [0.2, 0.25) is 0 Å². The first kappa shape index (κ1) is 12.1. The van der Waals surface area contributed by atoms with Gasteiger partial charge in [0.25, 0.3) is 0 Å². The number of nitrogens with zero attached hydrogens (tertiary/aromatic N) is 2. The maximum Gasteiger partial charge on any atom is 0.141 e. The van der Waals surface area contributed by atoms with Crippen LogP contribution in [0.2, 0.25) is 0 Å². The van der Waals surface area contributed by atoms with Gasteiger partial charge in [0.15, 0.2) is 0 Å². The van der Waals surface area contributed by atoms with Crippen LogP contribution in [0.25, 0.3) is 0 Å².